The van der Waals surface area contributed by atoms with Crippen molar-refractivity contribution < 1.29 is 13.2 Å². The van der Waals surface area contributed by atoms with Crippen LogP contribution in [-0.2, 0) is 6.18 Å². The van der Waals surface area contributed by atoms with Crippen LogP contribution in [0.5, 0.6) is 0 Å². The van der Waals surface area contributed by atoms with Crippen molar-refractivity contribution in [3.8, 4) is 11.4 Å². The lowest BCUT2D eigenvalue weighted by Gasteiger charge is -2.12. The lowest BCUT2D eigenvalue weighted by atomic mass is 10.2. The second-order valence-corrected chi connectivity index (χ2v) is 6.45. The highest BCUT2D eigenvalue weighted by Gasteiger charge is 2.30. The lowest BCUT2D eigenvalue weighted by Crippen LogP contribution is -2.07. The number of nitrogens with one attached hydrogen (secondary N) is 2. The summed E-state index contributed by atoms with van der Waals surface area (Å²) in [6, 6.07) is 16.6. The Labute approximate surface area is 154 Å². The molecule has 4 rings (SSSR count). The smallest absolute Gasteiger partial charge is 0.367 e. The molecule has 0 bridgehead atoms. The molecule has 3 aromatic rings. The van der Waals surface area contributed by atoms with Gasteiger partial charge in [-0.25, -0.2) is 9.97 Å². The molecule has 1 saturated carbocycles. The Morgan fingerprint density at radius 1 is 0.852 bits per heavy atom. The van der Waals surface area contributed by atoms with E-state index in [0.717, 1.165) is 30.5 Å². The number of alkyl halides is 3. The van der Waals surface area contributed by atoms with E-state index >= 15 is 0 Å². The van der Waals surface area contributed by atoms with Gasteiger partial charge in [0.05, 0.1) is 5.56 Å². The van der Waals surface area contributed by atoms with E-state index in [-0.39, 0.29) is 0 Å². The minimum Gasteiger partial charge on any atom is -0.367 e. The molecular weight excluding hydrogens is 353 g/mol. The van der Waals surface area contributed by atoms with Crippen molar-refractivity contribution in [3.63, 3.8) is 0 Å². The average molecular weight is 370 g/mol. The molecular formula is C20H17F3N4. The van der Waals surface area contributed by atoms with Gasteiger partial charge in [-0.15, -0.1) is 0 Å². The van der Waals surface area contributed by atoms with E-state index < -0.39 is 11.7 Å². The van der Waals surface area contributed by atoms with Crippen LogP contribution in [0.1, 0.15) is 18.4 Å². The van der Waals surface area contributed by atoms with E-state index in [9.17, 15) is 13.2 Å². The van der Waals surface area contributed by atoms with E-state index in [1.54, 1.807) is 6.07 Å². The normalized spacial score (nSPS) is 14.0. The first-order valence-electron chi connectivity index (χ1n) is 8.63. The van der Waals surface area contributed by atoms with E-state index in [1.165, 1.54) is 12.1 Å². The third kappa shape index (κ3) is 4.36. The number of hydrogen-bond acceptors (Lipinski definition) is 4. The van der Waals surface area contributed by atoms with Crippen molar-refractivity contribution >= 4 is 17.3 Å². The summed E-state index contributed by atoms with van der Waals surface area (Å²) in [4.78, 5) is 9.07. The summed E-state index contributed by atoms with van der Waals surface area (Å²) in [7, 11) is 0. The molecule has 0 radical (unpaired) electrons. The number of benzene rings is 2. The zero-order valence-electron chi connectivity index (χ0n) is 14.3. The number of hydrogen-bond donors (Lipinski definition) is 2. The summed E-state index contributed by atoms with van der Waals surface area (Å²) in [5.41, 5.74) is 0.710. The zero-order valence-corrected chi connectivity index (χ0v) is 14.3. The van der Waals surface area contributed by atoms with Gasteiger partial charge in [0.2, 0.25) is 0 Å². The number of aromatic nitrogens is 2. The quantitative estimate of drug-likeness (QED) is 0.624. The molecule has 0 atom stereocenters. The van der Waals surface area contributed by atoms with Crippen molar-refractivity contribution in [2.75, 3.05) is 10.6 Å². The lowest BCUT2D eigenvalue weighted by molar-refractivity contribution is -0.137. The zero-order chi connectivity index (χ0) is 18.9. The van der Waals surface area contributed by atoms with Crippen LogP contribution in [0.4, 0.5) is 30.5 Å². The van der Waals surface area contributed by atoms with Crippen LogP contribution in [0.2, 0.25) is 0 Å². The van der Waals surface area contributed by atoms with E-state index in [1.807, 2.05) is 30.3 Å². The summed E-state index contributed by atoms with van der Waals surface area (Å²) >= 11 is 0. The van der Waals surface area contributed by atoms with Crippen molar-refractivity contribution in [2.24, 2.45) is 0 Å². The van der Waals surface area contributed by atoms with Crippen LogP contribution < -0.4 is 10.6 Å². The predicted molar refractivity (Wildman–Crippen MR) is 98.8 cm³/mol. The van der Waals surface area contributed by atoms with Crippen LogP contribution >= 0.6 is 0 Å². The number of halogens is 3. The molecule has 1 aliphatic carbocycles. The summed E-state index contributed by atoms with van der Waals surface area (Å²) in [5.74, 6) is 1.77. The Morgan fingerprint density at radius 3 is 2.15 bits per heavy atom. The molecule has 0 amide bonds. The van der Waals surface area contributed by atoms with E-state index in [0.29, 0.717) is 29.2 Å². The maximum Gasteiger partial charge on any atom is 0.416 e. The molecule has 0 aliphatic heterocycles. The Kier molecular flexibility index (Phi) is 4.43. The van der Waals surface area contributed by atoms with Gasteiger partial charge < -0.3 is 10.6 Å². The summed E-state index contributed by atoms with van der Waals surface area (Å²) in [6.07, 6.45) is -2.14. The molecule has 27 heavy (non-hydrogen) atoms. The topological polar surface area (TPSA) is 49.8 Å². The van der Waals surface area contributed by atoms with E-state index in [2.05, 4.69) is 20.6 Å². The van der Waals surface area contributed by atoms with Crippen molar-refractivity contribution in [3.05, 3.63) is 66.2 Å². The van der Waals surface area contributed by atoms with Crippen LogP contribution in [0, 0.1) is 0 Å². The van der Waals surface area contributed by atoms with Gasteiger partial charge >= 0.3 is 6.18 Å². The minimum absolute atomic E-state index is 0.419. The molecule has 138 valence electrons. The number of nitrogens with zero attached hydrogens (tertiary/aromatic N) is 2. The first-order valence-corrected chi connectivity index (χ1v) is 8.63. The first-order chi connectivity index (χ1) is 13.0. The van der Waals surface area contributed by atoms with Crippen molar-refractivity contribution in [1.29, 1.82) is 0 Å². The molecule has 7 heteroatoms. The van der Waals surface area contributed by atoms with Gasteiger partial charge in [0, 0.05) is 23.4 Å². The van der Waals surface area contributed by atoms with Gasteiger partial charge in [0.15, 0.2) is 5.82 Å². The Hall–Kier alpha value is -3.09. The third-order valence-electron chi connectivity index (χ3n) is 4.17. The largest absolute Gasteiger partial charge is 0.416 e. The van der Waals surface area contributed by atoms with Gasteiger partial charge in [-0.05, 0) is 37.1 Å². The molecule has 2 aromatic carbocycles. The third-order valence-corrected chi connectivity index (χ3v) is 4.17. The minimum atomic E-state index is -4.35. The van der Waals surface area contributed by atoms with Gasteiger partial charge in [-0.1, -0.05) is 30.3 Å². The fourth-order valence-electron chi connectivity index (χ4n) is 2.63. The SMILES string of the molecule is FC(F)(F)c1ccc(Nc2cc(NC3CC3)nc(-c3ccccc3)n2)cc1. The van der Waals surface area contributed by atoms with Crippen molar-refractivity contribution in [2.45, 2.75) is 25.1 Å². The molecule has 0 spiro atoms. The number of rotatable bonds is 5. The van der Waals surface area contributed by atoms with Gasteiger partial charge in [-0.2, -0.15) is 13.2 Å². The van der Waals surface area contributed by atoms with Crippen molar-refractivity contribution in [1.82, 2.24) is 9.97 Å². The Morgan fingerprint density at radius 2 is 1.52 bits per heavy atom. The average Bonchev–Trinajstić information content (AvgIpc) is 3.46. The Bertz CT molecular complexity index is 920. The van der Waals surface area contributed by atoms with Crippen LogP contribution in [0.3, 0.4) is 0 Å². The fourth-order valence-corrected chi connectivity index (χ4v) is 2.63. The molecule has 0 unspecified atom stereocenters. The molecule has 2 N–H and O–H groups in total. The molecule has 1 aromatic heterocycles. The standard InChI is InChI=1S/C20H17F3N4/c21-20(22,23)14-6-8-15(9-7-14)24-17-12-18(25-16-10-11-16)27-19(26-17)13-4-2-1-3-5-13/h1-9,12,16H,10-11H2,(H2,24,25,26,27). The molecule has 1 fully saturated rings. The maximum atomic E-state index is 12.7. The van der Waals surface area contributed by atoms with Crippen LogP contribution in [0.15, 0.2) is 60.7 Å². The maximum absolute atomic E-state index is 12.7. The summed E-state index contributed by atoms with van der Waals surface area (Å²) < 4.78 is 38.2. The van der Waals surface area contributed by atoms with E-state index in [4.69, 9.17) is 0 Å². The van der Waals surface area contributed by atoms with Gasteiger partial charge in [-0.3, -0.25) is 0 Å². The van der Waals surface area contributed by atoms with Crippen LogP contribution in [-0.4, -0.2) is 16.0 Å². The summed E-state index contributed by atoms with van der Waals surface area (Å²) in [6.45, 7) is 0. The molecule has 4 nitrogen and oxygen atoms in total. The van der Waals surface area contributed by atoms with Crippen LogP contribution in [0.25, 0.3) is 11.4 Å². The molecule has 0 saturated heterocycles. The Balaban J connectivity index is 1.63. The highest BCUT2D eigenvalue weighted by atomic mass is 19.4. The summed E-state index contributed by atoms with van der Waals surface area (Å²) in [5, 5.41) is 6.41. The molecule has 1 heterocycles. The molecule has 1 aliphatic rings. The second kappa shape index (κ2) is 6.90. The highest BCUT2D eigenvalue weighted by molar-refractivity contribution is 5.65. The van der Waals surface area contributed by atoms with Gasteiger partial charge in [0.1, 0.15) is 11.6 Å². The second-order valence-electron chi connectivity index (χ2n) is 6.45. The number of anilines is 3. The monoisotopic (exact) mass is 370 g/mol. The fraction of sp³-hybridized carbons (Fsp3) is 0.200. The highest BCUT2D eigenvalue weighted by Crippen LogP contribution is 2.31. The first kappa shape index (κ1) is 17.3. The van der Waals surface area contributed by atoms with Gasteiger partial charge in [0.25, 0.3) is 0 Å². The predicted octanol–water partition coefficient (Wildman–Crippen LogP) is 5.48.